The molecule has 0 unspecified atom stereocenters. The molecule has 0 aromatic carbocycles. The fourth-order valence-electron chi connectivity index (χ4n) is 1.46. The number of hydrogen-bond acceptors (Lipinski definition) is 3. The molecule has 3 nitrogen and oxygen atoms in total. The zero-order valence-electron chi connectivity index (χ0n) is 9.35. The molecule has 0 radical (unpaired) electrons. The van der Waals surface area contributed by atoms with Crippen LogP contribution in [0.15, 0.2) is 6.07 Å². The van der Waals surface area contributed by atoms with E-state index < -0.39 is 0 Å². The Morgan fingerprint density at radius 2 is 2.14 bits per heavy atom. The fourth-order valence-corrected chi connectivity index (χ4v) is 1.46. The van der Waals surface area contributed by atoms with E-state index in [2.05, 4.69) is 30.2 Å². The maximum absolute atomic E-state index is 5.25. The third-order valence-corrected chi connectivity index (χ3v) is 2.18. The van der Waals surface area contributed by atoms with Gasteiger partial charge < -0.3 is 10.1 Å². The van der Waals surface area contributed by atoms with Crippen LogP contribution in [0.1, 0.15) is 23.7 Å². The summed E-state index contributed by atoms with van der Waals surface area (Å²) < 4.78 is 5.25. The Morgan fingerprint density at radius 3 is 2.71 bits per heavy atom. The van der Waals surface area contributed by atoms with Crippen LogP contribution in [-0.4, -0.2) is 18.6 Å². The van der Waals surface area contributed by atoms with Crippen LogP contribution in [0, 0.1) is 13.8 Å². The Balaban J connectivity index is 2.99. The van der Waals surface area contributed by atoms with Gasteiger partial charge in [0, 0.05) is 17.8 Å². The molecular weight excluding hydrogens is 176 g/mol. The summed E-state index contributed by atoms with van der Waals surface area (Å²) in [4.78, 5) is 4.34. The Labute approximate surface area is 85.5 Å². The minimum atomic E-state index is 0.739. The smallest absolute Gasteiger partial charge is 0.218 e. The fraction of sp³-hybridized carbons (Fsp3) is 0.545. The van der Waals surface area contributed by atoms with E-state index in [1.165, 1.54) is 5.56 Å². The second-order valence-corrected chi connectivity index (χ2v) is 3.35. The molecule has 0 bridgehead atoms. The molecule has 1 rings (SSSR count). The van der Waals surface area contributed by atoms with Crippen molar-refractivity contribution in [3.63, 3.8) is 0 Å². The maximum Gasteiger partial charge on any atom is 0.218 e. The third-order valence-electron chi connectivity index (χ3n) is 2.18. The van der Waals surface area contributed by atoms with E-state index in [1.807, 2.05) is 6.92 Å². The molecule has 3 heteroatoms. The van der Waals surface area contributed by atoms with Crippen molar-refractivity contribution < 1.29 is 4.74 Å². The SMILES string of the molecule is CCNCc1c(C)cc(C)nc1OC. The van der Waals surface area contributed by atoms with Crippen molar-refractivity contribution >= 4 is 0 Å². The van der Waals surface area contributed by atoms with Gasteiger partial charge in [-0.1, -0.05) is 6.92 Å². The first-order valence-electron chi connectivity index (χ1n) is 4.90. The molecule has 1 aromatic heterocycles. The first kappa shape index (κ1) is 11.0. The summed E-state index contributed by atoms with van der Waals surface area (Å²) in [6, 6.07) is 2.08. The van der Waals surface area contributed by atoms with Crippen LogP contribution >= 0.6 is 0 Å². The zero-order chi connectivity index (χ0) is 10.6. The van der Waals surface area contributed by atoms with Crippen molar-refractivity contribution in [2.45, 2.75) is 27.3 Å². The normalized spacial score (nSPS) is 10.3. The van der Waals surface area contributed by atoms with Gasteiger partial charge in [0.25, 0.3) is 0 Å². The molecular formula is C11H18N2O. The minimum Gasteiger partial charge on any atom is -0.481 e. The monoisotopic (exact) mass is 194 g/mol. The average Bonchev–Trinajstić information content (AvgIpc) is 2.15. The van der Waals surface area contributed by atoms with Crippen molar-refractivity contribution in [3.8, 4) is 5.88 Å². The molecule has 0 fully saturated rings. The van der Waals surface area contributed by atoms with Gasteiger partial charge >= 0.3 is 0 Å². The Bertz CT molecular complexity index is 310. The van der Waals surface area contributed by atoms with Crippen LogP contribution in [0.2, 0.25) is 0 Å². The number of hydrogen-bond donors (Lipinski definition) is 1. The summed E-state index contributed by atoms with van der Waals surface area (Å²) in [6.07, 6.45) is 0. The van der Waals surface area contributed by atoms with Crippen molar-refractivity contribution in [2.75, 3.05) is 13.7 Å². The van der Waals surface area contributed by atoms with E-state index >= 15 is 0 Å². The summed E-state index contributed by atoms with van der Waals surface area (Å²) in [5.74, 6) is 0.739. The number of nitrogens with zero attached hydrogens (tertiary/aromatic N) is 1. The van der Waals surface area contributed by atoms with Crippen LogP contribution in [0.4, 0.5) is 0 Å². The Morgan fingerprint density at radius 1 is 1.43 bits per heavy atom. The molecule has 0 saturated heterocycles. The summed E-state index contributed by atoms with van der Waals surface area (Å²) in [5.41, 5.74) is 3.38. The van der Waals surface area contributed by atoms with Gasteiger partial charge in [-0.3, -0.25) is 0 Å². The molecule has 78 valence electrons. The second-order valence-electron chi connectivity index (χ2n) is 3.35. The molecule has 0 spiro atoms. The van der Waals surface area contributed by atoms with Gasteiger partial charge in [0.15, 0.2) is 0 Å². The predicted molar refractivity (Wildman–Crippen MR) is 57.6 cm³/mol. The highest BCUT2D eigenvalue weighted by Gasteiger charge is 2.07. The molecule has 0 amide bonds. The lowest BCUT2D eigenvalue weighted by Gasteiger charge is -2.11. The van der Waals surface area contributed by atoms with Crippen LogP contribution in [0.5, 0.6) is 5.88 Å². The van der Waals surface area contributed by atoms with E-state index in [1.54, 1.807) is 7.11 Å². The average molecular weight is 194 g/mol. The summed E-state index contributed by atoms with van der Waals surface area (Å²) in [5, 5.41) is 3.28. The molecule has 0 atom stereocenters. The third kappa shape index (κ3) is 2.45. The minimum absolute atomic E-state index is 0.739. The topological polar surface area (TPSA) is 34.2 Å². The summed E-state index contributed by atoms with van der Waals surface area (Å²) in [7, 11) is 1.66. The van der Waals surface area contributed by atoms with Crippen LogP contribution in [0.3, 0.4) is 0 Å². The molecule has 1 heterocycles. The Kier molecular flexibility index (Phi) is 3.89. The van der Waals surface area contributed by atoms with E-state index in [4.69, 9.17) is 4.74 Å². The molecule has 1 aromatic rings. The van der Waals surface area contributed by atoms with Crippen molar-refractivity contribution in [2.24, 2.45) is 0 Å². The van der Waals surface area contributed by atoms with Gasteiger partial charge in [-0.15, -0.1) is 0 Å². The lowest BCUT2D eigenvalue weighted by molar-refractivity contribution is 0.389. The van der Waals surface area contributed by atoms with E-state index in [9.17, 15) is 0 Å². The number of ether oxygens (including phenoxy) is 1. The van der Waals surface area contributed by atoms with E-state index in [0.717, 1.165) is 30.2 Å². The van der Waals surface area contributed by atoms with Gasteiger partial charge in [-0.2, -0.15) is 0 Å². The molecule has 0 saturated carbocycles. The van der Waals surface area contributed by atoms with Gasteiger partial charge in [0.05, 0.1) is 7.11 Å². The molecule has 1 N–H and O–H groups in total. The highest BCUT2D eigenvalue weighted by Crippen LogP contribution is 2.20. The van der Waals surface area contributed by atoms with Crippen molar-refractivity contribution in [1.82, 2.24) is 10.3 Å². The molecule has 0 aliphatic carbocycles. The number of rotatable bonds is 4. The van der Waals surface area contributed by atoms with Gasteiger partial charge in [-0.25, -0.2) is 4.98 Å². The Hall–Kier alpha value is -1.09. The van der Waals surface area contributed by atoms with Gasteiger partial charge in [0.2, 0.25) is 5.88 Å². The first-order valence-corrected chi connectivity index (χ1v) is 4.90. The maximum atomic E-state index is 5.25. The lowest BCUT2D eigenvalue weighted by Crippen LogP contribution is -2.14. The van der Waals surface area contributed by atoms with E-state index in [-0.39, 0.29) is 0 Å². The largest absolute Gasteiger partial charge is 0.481 e. The highest BCUT2D eigenvalue weighted by molar-refractivity contribution is 5.35. The van der Waals surface area contributed by atoms with Crippen LogP contribution < -0.4 is 10.1 Å². The highest BCUT2D eigenvalue weighted by atomic mass is 16.5. The zero-order valence-corrected chi connectivity index (χ0v) is 9.35. The van der Waals surface area contributed by atoms with Crippen LogP contribution in [-0.2, 0) is 6.54 Å². The number of methoxy groups -OCH3 is 1. The molecule has 14 heavy (non-hydrogen) atoms. The quantitative estimate of drug-likeness (QED) is 0.793. The number of aromatic nitrogens is 1. The second kappa shape index (κ2) is 4.96. The predicted octanol–water partition coefficient (Wildman–Crippen LogP) is 1.82. The number of nitrogens with one attached hydrogen (secondary N) is 1. The lowest BCUT2D eigenvalue weighted by atomic mass is 10.1. The number of pyridine rings is 1. The van der Waals surface area contributed by atoms with Crippen molar-refractivity contribution in [1.29, 1.82) is 0 Å². The first-order chi connectivity index (χ1) is 6.69. The standard InChI is InChI=1S/C11H18N2O/c1-5-12-7-10-8(2)6-9(3)13-11(10)14-4/h6,12H,5,7H2,1-4H3. The number of aryl methyl sites for hydroxylation is 2. The molecule has 0 aliphatic rings. The van der Waals surface area contributed by atoms with Gasteiger partial charge in [0.1, 0.15) is 0 Å². The summed E-state index contributed by atoms with van der Waals surface area (Å²) >= 11 is 0. The van der Waals surface area contributed by atoms with Crippen molar-refractivity contribution in [3.05, 3.63) is 22.9 Å². The van der Waals surface area contributed by atoms with Crippen LogP contribution in [0.25, 0.3) is 0 Å². The molecule has 0 aliphatic heterocycles. The van der Waals surface area contributed by atoms with Gasteiger partial charge in [-0.05, 0) is 32.0 Å². The summed E-state index contributed by atoms with van der Waals surface area (Å²) in [6.45, 7) is 7.93. The van der Waals surface area contributed by atoms with E-state index in [0.29, 0.717) is 0 Å².